The van der Waals surface area contributed by atoms with Crippen molar-refractivity contribution in [2.45, 2.75) is 63.7 Å². The van der Waals surface area contributed by atoms with Crippen molar-refractivity contribution in [2.24, 2.45) is 5.92 Å². The Balaban J connectivity index is 1.74. The SMILES string of the molecule is CC(C)(C)OC(=O)NC1CC(O)(C2CCCNC2)C1. The molecule has 0 spiro atoms. The fraction of sp³-hybridized carbons (Fsp3) is 0.929. The van der Waals surface area contributed by atoms with Crippen LogP contribution in [0.4, 0.5) is 4.79 Å². The number of aliphatic hydroxyl groups is 1. The summed E-state index contributed by atoms with van der Waals surface area (Å²) in [5.74, 6) is 0.318. The molecule has 0 bridgehead atoms. The zero-order valence-electron chi connectivity index (χ0n) is 12.2. The summed E-state index contributed by atoms with van der Waals surface area (Å²) in [4.78, 5) is 11.6. The van der Waals surface area contributed by atoms with Gasteiger partial charge in [0, 0.05) is 18.5 Å². The van der Waals surface area contributed by atoms with E-state index in [1.165, 1.54) is 0 Å². The largest absolute Gasteiger partial charge is 0.444 e. The molecule has 2 rings (SSSR count). The third-order valence-corrected chi connectivity index (χ3v) is 3.98. The number of nitrogens with one attached hydrogen (secondary N) is 2. The lowest BCUT2D eigenvalue weighted by Crippen LogP contribution is -2.61. The van der Waals surface area contributed by atoms with Crippen LogP contribution in [0.5, 0.6) is 0 Å². The second-order valence-electron chi connectivity index (χ2n) is 6.90. The van der Waals surface area contributed by atoms with Crippen molar-refractivity contribution >= 4 is 6.09 Å². The van der Waals surface area contributed by atoms with Gasteiger partial charge in [0.15, 0.2) is 0 Å². The van der Waals surface area contributed by atoms with Crippen LogP contribution in [0.2, 0.25) is 0 Å². The lowest BCUT2D eigenvalue weighted by atomic mass is 9.66. The monoisotopic (exact) mass is 270 g/mol. The first-order valence-corrected chi connectivity index (χ1v) is 7.21. The summed E-state index contributed by atoms with van der Waals surface area (Å²) in [6.45, 7) is 7.47. The van der Waals surface area contributed by atoms with Gasteiger partial charge in [0.1, 0.15) is 5.60 Å². The minimum absolute atomic E-state index is 0.0433. The van der Waals surface area contributed by atoms with Crippen molar-refractivity contribution in [1.82, 2.24) is 10.6 Å². The zero-order valence-corrected chi connectivity index (χ0v) is 12.2. The highest BCUT2D eigenvalue weighted by Crippen LogP contribution is 2.41. The van der Waals surface area contributed by atoms with Gasteiger partial charge in [0.2, 0.25) is 0 Å². The molecule has 0 aromatic heterocycles. The highest BCUT2D eigenvalue weighted by atomic mass is 16.6. The number of carbonyl (C=O) groups excluding carboxylic acids is 1. The first-order chi connectivity index (χ1) is 8.78. The van der Waals surface area contributed by atoms with Crippen LogP contribution in [-0.4, -0.2) is 41.5 Å². The maximum atomic E-state index is 11.6. The van der Waals surface area contributed by atoms with E-state index in [1.54, 1.807) is 0 Å². The molecule has 5 nitrogen and oxygen atoms in total. The van der Waals surface area contributed by atoms with E-state index in [4.69, 9.17) is 4.74 Å². The van der Waals surface area contributed by atoms with Crippen molar-refractivity contribution < 1.29 is 14.6 Å². The Labute approximate surface area is 115 Å². The van der Waals surface area contributed by atoms with E-state index in [9.17, 15) is 9.90 Å². The number of amides is 1. The maximum Gasteiger partial charge on any atom is 0.407 e. The molecule has 1 amide bonds. The molecule has 1 aliphatic carbocycles. The molecule has 1 heterocycles. The van der Waals surface area contributed by atoms with E-state index >= 15 is 0 Å². The Morgan fingerprint density at radius 3 is 2.63 bits per heavy atom. The minimum Gasteiger partial charge on any atom is -0.444 e. The van der Waals surface area contributed by atoms with Gasteiger partial charge >= 0.3 is 6.09 Å². The molecule has 1 aliphatic heterocycles. The fourth-order valence-corrected chi connectivity index (χ4v) is 3.01. The van der Waals surface area contributed by atoms with Gasteiger partial charge in [-0.05, 0) is 53.0 Å². The number of ether oxygens (including phenoxy) is 1. The molecule has 1 saturated heterocycles. The quantitative estimate of drug-likeness (QED) is 0.709. The van der Waals surface area contributed by atoms with Crippen LogP contribution in [0.3, 0.4) is 0 Å². The number of piperidine rings is 1. The van der Waals surface area contributed by atoms with Gasteiger partial charge < -0.3 is 20.5 Å². The zero-order chi connectivity index (χ0) is 14.1. The van der Waals surface area contributed by atoms with E-state index in [1.807, 2.05) is 20.8 Å². The van der Waals surface area contributed by atoms with Crippen molar-refractivity contribution in [3.8, 4) is 0 Å². The first-order valence-electron chi connectivity index (χ1n) is 7.21. The predicted molar refractivity (Wildman–Crippen MR) is 72.9 cm³/mol. The molecule has 0 radical (unpaired) electrons. The van der Waals surface area contributed by atoms with Crippen LogP contribution in [0.15, 0.2) is 0 Å². The summed E-state index contributed by atoms with van der Waals surface area (Å²) < 4.78 is 5.21. The van der Waals surface area contributed by atoms with Crippen molar-refractivity contribution in [3.63, 3.8) is 0 Å². The topological polar surface area (TPSA) is 70.6 Å². The second kappa shape index (κ2) is 5.29. The Bertz CT molecular complexity index is 326. The molecule has 0 aromatic carbocycles. The van der Waals surface area contributed by atoms with Gasteiger partial charge in [-0.1, -0.05) is 0 Å². The molecular weight excluding hydrogens is 244 g/mol. The van der Waals surface area contributed by atoms with E-state index in [-0.39, 0.29) is 12.1 Å². The van der Waals surface area contributed by atoms with Gasteiger partial charge in [0.25, 0.3) is 0 Å². The third kappa shape index (κ3) is 3.83. The first kappa shape index (κ1) is 14.6. The minimum atomic E-state index is -0.604. The molecule has 3 N–H and O–H groups in total. The van der Waals surface area contributed by atoms with E-state index < -0.39 is 11.2 Å². The number of hydrogen-bond acceptors (Lipinski definition) is 4. The Morgan fingerprint density at radius 2 is 2.11 bits per heavy atom. The molecule has 110 valence electrons. The summed E-state index contributed by atoms with van der Waals surface area (Å²) in [6, 6.07) is 0.0433. The Morgan fingerprint density at radius 1 is 1.42 bits per heavy atom. The van der Waals surface area contributed by atoms with Crippen molar-refractivity contribution in [2.75, 3.05) is 13.1 Å². The number of rotatable bonds is 2. The number of alkyl carbamates (subject to hydrolysis) is 1. The molecule has 0 aromatic rings. The van der Waals surface area contributed by atoms with Gasteiger partial charge in [-0.25, -0.2) is 4.79 Å². The Kier molecular flexibility index (Phi) is 4.06. The van der Waals surface area contributed by atoms with Crippen molar-refractivity contribution in [1.29, 1.82) is 0 Å². The van der Waals surface area contributed by atoms with Crippen molar-refractivity contribution in [3.05, 3.63) is 0 Å². The van der Waals surface area contributed by atoms with Gasteiger partial charge in [-0.15, -0.1) is 0 Å². The predicted octanol–water partition coefficient (Wildman–Crippen LogP) is 1.40. The standard InChI is InChI=1S/C14H26N2O3/c1-13(2,3)19-12(17)16-11-7-14(18,8-11)10-5-4-6-15-9-10/h10-11,15,18H,4-9H2,1-3H3,(H,16,17). The van der Waals surface area contributed by atoms with Crippen LogP contribution in [-0.2, 0) is 4.74 Å². The second-order valence-corrected chi connectivity index (χ2v) is 6.90. The molecule has 2 fully saturated rings. The summed E-state index contributed by atoms with van der Waals surface area (Å²) >= 11 is 0. The molecule has 1 atom stereocenters. The number of hydrogen-bond donors (Lipinski definition) is 3. The van der Waals surface area contributed by atoms with E-state index in [0.717, 1.165) is 25.9 Å². The average Bonchev–Trinajstić information content (AvgIpc) is 2.25. The van der Waals surface area contributed by atoms with Crippen LogP contribution in [0.1, 0.15) is 46.5 Å². The lowest BCUT2D eigenvalue weighted by molar-refractivity contribution is -0.107. The third-order valence-electron chi connectivity index (χ3n) is 3.98. The Hall–Kier alpha value is -0.810. The normalized spacial score (nSPS) is 35.4. The highest BCUT2D eigenvalue weighted by molar-refractivity contribution is 5.68. The summed E-state index contributed by atoms with van der Waals surface area (Å²) in [5.41, 5.74) is -1.08. The number of carbonyl (C=O) groups is 1. The van der Waals surface area contributed by atoms with E-state index in [0.29, 0.717) is 18.8 Å². The lowest BCUT2D eigenvalue weighted by Gasteiger charge is -2.49. The average molecular weight is 270 g/mol. The molecule has 19 heavy (non-hydrogen) atoms. The molecule has 2 aliphatic rings. The van der Waals surface area contributed by atoms with Gasteiger partial charge in [-0.3, -0.25) is 0 Å². The smallest absolute Gasteiger partial charge is 0.407 e. The fourth-order valence-electron chi connectivity index (χ4n) is 3.01. The summed E-state index contributed by atoms with van der Waals surface area (Å²) in [5, 5.41) is 16.7. The molecule has 5 heteroatoms. The van der Waals surface area contributed by atoms with Gasteiger partial charge in [-0.2, -0.15) is 0 Å². The maximum absolute atomic E-state index is 11.6. The molecule has 1 saturated carbocycles. The summed E-state index contributed by atoms with van der Waals surface area (Å²) in [6.07, 6.45) is 3.08. The highest BCUT2D eigenvalue weighted by Gasteiger charge is 2.49. The van der Waals surface area contributed by atoms with Crippen LogP contribution < -0.4 is 10.6 Å². The molecule has 1 unspecified atom stereocenters. The molecular formula is C14H26N2O3. The van der Waals surface area contributed by atoms with E-state index in [2.05, 4.69) is 10.6 Å². The summed E-state index contributed by atoms with van der Waals surface area (Å²) in [7, 11) is 0. The van der Waals surface area contributed by atoms with Crippen LogP contribution in [0.25, 0.3) is 0 Å². The van der Waals surface area contributed by atoms with Gasteiger partial charge in [0.05, 0.1) is 5.60 Å². The van der Waals surface area contributed by atoms with Crippen LogP contribution >= 0.6 is 0 Å². The van der Waals surface area contributed by atoms with Crippen LogP contribution in [0, 0.1) is 5.92 Å².